The summed E-state index contributed by atoms with van der Waals surface area (Å²) in [6, 6.07) is -0.157. The average molecular weight is 258 g/mol. The third-order valence-corrected chi connectivity index (χ3v) is 2.56. The van der Waals surface area contributed by atoms with Crippen molar-refractivity contribution in [3.63, 3.8) is 0 Å². The lowest BCUT2D eigenvalue weighted by atomic mass is 10.2. The van der Waals surface area contributed by atoms with Crippen molar-refractivity contribution in [3.05, 3.63) is 0 Å². The SMILES string of the molecule is CCNC(=O)C(C)NCCCCCC(=O)OCC. The predicted octanol–water partition coefficient (Wildman–Crippen LogP) is 1.22. The zero-order valence-electron chi connectivity index (χ0n) is 11.8. The van der Waals surface area contributed by atoms with Gasteiger partial charge < -0.3 is 15.4 Å². The Morgan fingerprint density at radius 3 is 2.50 bits per heavy atom. The van der Waals surface area contributed by atoms with Crippen molar-refractivity contribution in [3.8, 4) is 0 Å². The van der Waals surface area contributed by atoms with E-state index in [9.17, 15) is 9.59 Å². The molecule has 0 aromatic rings. The first kappa shape index (κ1) is 16.9. The molecule has 1 unspecified atom stereocenters. The van der Waals surface area contributed by atoms with Gasteiger partial charge in [-0.25, -0.2) is 0 Å². The van der Waals surface area contributed by atoms with Gasteiger partial charge in [0.2, 0.25) is 5.91 Å². The van der Waals surface area contributed by atoms with E-state index < -0.39 is 0 Å². The van der Waals surface area contributed by atoms with Crippen LogP contribution in [0.15, 0.2) is 0 Å². The van der Waals surface area contributed by atoms with Crippen molar-refractivity contribution in [2.75, 3.05) is 19.7 Å². The molecule has 1 amide bonds. The summed E-state index contributed by atoms with van der Waals surface area (Å²) in [5.41, 5.74) is 0. The quantitative estimate of drug-likeness (QED) is 0.457. The Bertz CT molecular complexity index is 244. The summed E-state index contributed by atoms with van der Waals surface area (Å²) in [6.45, 7) is 7.46. The average Bonchev–Trinajstić information content (AvgIpc) is 2.33. The van der Waals surface area contributed by atoms with Gasteiger partial charge in [0, 0.05) is 13.0 Å². The Balaban J connectivity index is 3.40. The molecule has 0 heterocycles. The van der Waals surface area contributed by atoms with Crippen LogP contribution in [0.25, 0.3) is 0 Å². The van der Waals surface area contributed by atoms with Crippen molar-refractivity contribution in [2.24, 2.45) is 0 Å². The van der Waals surface area contributed by atoms with Gasteiger partial charge in [-0.05, 0) is 40.2 Å². The summed E-state index contributed by atoms with van der Waals surface area (Å²) in [6.07, 6.45) is 3.26. The van der Waals surface area contributed by atoms with Crippen LogP contribution in [0.1, 0.15) is 46.5 Å². The molecule has 0 spiro atoms. The fourth-order valence-electron chi connectivity index (χ4n) is 1.54. The van der Waals surface area contributed by atoms with Crippen LogP contribution < -0.4 is 10.6 Å². The van der Waals surface area contributed by atoms with E-state index in [1.807, 2.05) is 20.8 Å². The van der Waals surface area contributed by atoms with Gasteiger partial charge in [-0.2, -0.15) is 0 Å². The van der Waals surface area contributed by atoms with E-state index in [1.54, 1.807) is 0 Å². The number of likely N-dealkylation sites (N-methyl/N-ethyl adjacent to an activating group) is 1. The zero-order valence-corrected chi connectivity index (χ0v) is 11.8. The van der Waals surface area contributed by atoms with Gasteiger partial charge in [0.05, 0.1) is 12.6 Å². The van der Waals surface area contributed by atoms with Crippen LogP contribution in [-0.2, 0) is 14.3 Å². The van der Waals surface area contributed by atoms with Crippen LogP contribution in [0.4, 0.5) is 0 Å². The molecule has 106 valence electrons. The molecule has 0 radical (unpaired) electrons. The van der Waals surface area contributed by atoms with Gasteiger partial charge in [-0.15, -0.1) is 0 Å². The molecule has 0 rings (SSSR count). The van der Waals surface area contributed by atoms with E-state index in [0.717, 1.165) is 25.8 Å². The Kier molecular flexibility index (Phi) is 10.3. The molecule has 1 atom stereocenters. The minimum atomic E-state index is -0.157. The maximum atomic E-state index is 11.4. The first-order valence-electron chi connectivity index (χ1n) is 6.78. The Hall–Kier alpha value is -1.10. The molecule has 0 fully saturated rings. The summed E-state index contributed by atoms with van der Waals surface area (Å²) in [4.78, 5) is 22.4. The Labute approximate surface area is 110 Å². The van der Waals surface area contributed by atoms with Crippen molar-refractivity contribution >= 4 is 11.9 Å². The topological polar surface area (TPSA) is 67.4 Å². The summed E-state index contributed by atoms with van der Waals surface area (Å²) >= 11 is 0. The van der Waals surface area contributed by atoms with E-state index in [0.29, 0.717) is 19.6 Å². The minimum Gasteiger partial charge on any atom is -0.466 e. The smallest absolute Gasteiger partial charge is 0.305 e. The number of carbonyl (C=O) groups excluding carboxylic acids is 2. The molecular formula is C13H26N2O3. The van der Waals surface area contributed by atoms with E-state index in [-0.39, 0.29) is 17.9 Å². The molecule has 0 aromatic carbocycles. The third kappa shape index (κ3) is 8.98. The van der Waals surface area contributed by atoms with Gasteiger partial charge in [-0.1, -0.05) is 6.42 Å². The summed E-state index contributed by atoms with van der Waals surface area (Å²) < 4.78 is 4.84. The molecule has 0 saturated carbocycles. The van der Waals surface area contributed by atoms with Crippen LogP contribution >= 0.6 is 0 Å². The van der Waals surface area contributed by atoms with Gasteiger partial charge in [0.1, 0.15) is 0 Å². The number of esters is 1. The van der Waals surface area contributed by atoms with Gasteiger partial charge in [0.25, 0.3) is 0 Å². The monoisotopic (exact) mass is 258 g/mol. The van der Waals surface area contributed by atoms with Crippen LogP contribution in [-0.4, -0.2) is 37.6 Å². The molecule has 0 bridgehead atoms. The lowest BCUT2D eigenvalue weighted by molar-refractivity contribution is -0.143. The fourth-order valence-corrected chi connectivity index (χ4v) is 1.54. The highest BCUT2D eigenvalue weighted by molar-refractivity contribution is 5.81. The fraction of sp³-hybridized carbons (Fsp3) is 0.846. The van der Waals surface area contributed by atoms with Gasteiger partial charge in [-0.3, -0.25) is 9.59 Å². The minimum absolute atomic E-state index is 0.0315. The molecule has 0 aliphatic carbocycles. The van der Waals surface area contributed by atoms with Crippen molar-refractivity contribution in [1.82, 2.24) is 10.6 Å². The molecule has 0 aliphatic rings. The highest BCUT2D eigenvalue weighted by Gasteiger charge is 2.09. The molecule has 2 N–H and O–H groups in total. The first-order valence-corrected chi connectivity index (χ1v) is 6.78. The number of carbonyl (C=O) groups is 2. The molecule has 0 aliphatic heterocycles. The first-order chi connectivity index (χ1) is 8.61. The highest BCUT2D eigenvalue weighted by atomic mass is 16.5. The number of nitrogens with one attached hydrogen (secondary N) is 2. The van der Waals surface area contributed by atoms with Crippen molar-refractivity contribution in [2.45, 2.75) is 52.5 Å². The van der Waals surface area contributed by atoms with E-state index in [4.69, 9.17) is 4.74 Å². The van der Waals surface area contributed by atoms with Crippen LogP contribution in [0.2, 0.25) is 0 Å². The van der Waals surface area contributed by atoms with E-state index in [1.165, 1.54) is 0 Å². The maximum Gasteiger partial charge on any atom is 0.305 e. The molecule has 5 heteroatoms. The molecule has 0 aromatic heterocycles. The largest absolute Gasteiger partial charge is 0.466 e. The number of hydrogen-bond acceptors (Lipinski definition) is 4. The van der Waals surface area contributed by atoms with Gasteiger partial charge >= 0.3 is 5.97 Å². The molecule has 18 heavy (non-hydrogen) atoms. The number of rotatable bonds is 10. The van der Waals surface area contributed by atoms with E-state index >= 15 is 0 Å². The normalized spacial score (nSPS) is 11.9. The van der Waals surface area contributed by atoms with E-state index in [2.05, 4.69) is 10.6 Å². The standard InChI is InChI=1S/C13H26N2O3/c1-4-14-13(17)11(3)15-10-8-6-7-9-12(16)18-5-2/h11,15H,4-10H2,1-3H3,(H,14,17). The second-order valence-electron chi connectivity index (χ2n) is 4.19. The summed E-state index contributed by atoms with van der Waals surface area (Å²) in [7, 11) is 0. The van der Waals surface area contributed by atoms with Crippen LogP contribution in [0, 0.1) is 0 Å². The lowest BCUT2D eigenvalue weighted by Crippen LogP contribution is -2.42. The number of unbranched alkanes of at least 4 members (excludes halogenated alkanes) is 2. The van der Waals surface area contributed by atoms with Crippen molar-refractivity contribution < 1.29 is 14.3 Å². The Morgan fingerprint density at radius 2 is 1.89 bits per heavy atom. The predicted molar refractivity (Wildman–Crippen MR) is 71.2 cm³/mol. The molecule has 0 saturated heterocycles. The highest BCUT2D eigenvalue weighted by Crippen LogP contribution is 2.00. The molecular weight excluding hydrogens is 232 g/mol. The van der Waals surface area contributed by atoms with Gasteiger partial charge in [0.15, 0.2) is 0 Å². The number of amides is 1. The second kappa shape index (κ2) is 11.0. The third-order valence-electron chi connectivity index (χ3n) is 2.56. The zero-order chi connectivity index (χ0) is 13.8. The number of ether oxygens (including phenoxy) is 1. The van der Waals surface area contributed by atoms with Crippen molar-refractivity contribution in [1.29, 1.82) is 0 Å². The lowest BCUT2D eigenvalue weighted by Gasteiger charge is -2.12. The second-order valence-corrected chi connectivity index (χ2v) is 4.19. The summed E-state index contributed by atoms with van der Waals surface area (Å²) in [5, 5.41) is 5.92. The van der Waals surface area contributed by atoms with Crippen LogP contribution in [0.5, 0.6) is 0 Å². The Morgan fingerprint density at radius 1 is 1.17 bits per heavy atom. The van der Waals surface area contributed by atoms with Crippen LogP contribution in [0.3, 0.4) is 0 Å². The molecule has 5 nitrogen and oxygen atoms in total. The summed E-state index contributed by atoms with van der Waals surface area (Å²) in [5.74, 6) is -0.0924. The number of hydrogen-bond donors (Lipinski definition) is 2. The maximum absolute atomic E-state index is 11.4.